The lowest BCUT2D eigenvalue weighted by Crippen LogP contribution is -2.17. The van der Waals surface area contributed by atoms with E-state index in [1.165, 1.54) is 32.1 Å². The molecule has 2 aliphatic rings. The van der Waals surface area contributed by atoms with Crippen molar-refractivity contribution >= 4 is 35.0 Å². The van der Waals surface area contributed by atoms with E-state index in [-0.39, 0.29) is 11.2 Å². The topological polar surface area (TPSA) is 81.7 Å². The van der Waals surface area contributed by atoms with Gasteiger partial charge in [-0.1, -0.05) is 38.2 Å². The molecule has 0 aromatic heterocycles. The minimum Gasteiger partial charge on any atom is -0.490 e. The van der Waals surface area contributed by atoms with Crippen LogP contribution in [0.5, 0.6) is 11.5 Å². The highest BCUT2D eigenvalue weighted by Crippen LogP contribution is 2.33. The fraction of sp³-hybridized carbons (Fsp3) is 0.476. The van der Waals surface area contributed by atoms with E-state index >= 15 is 0 Å². The first-order valence-corrected chi connectivity index (χ1v) is 10.6. The van der Waals surface area contributed by atoms with Crippen LogP contribution >= 0.6 is 11.8 Å². The smallest absolute Gasteiger partial charge is 0.311 e. The highest BCUT2D eigenvalue weighted by atomic mass is 32.2. The quantitative estimate of drug-likeness (QED) is 0.405. The van der Waals surface area contributed by atoms with E-state index in [0.29, 0.717) is 40.9 Å². The Bertz CT molecular complexity index is 783. The maximum atomic E-state index is 12.3. The molecule has 7 heteroatoms. The van der Waals surface area contributed by atoms with Crippen molar-refractivity contribution in [1.82, 2.24) is 5.32 Å². The summed E-state index contributed by atoms with van der Waals surface area (Å²) in [5, 5.41) is 1.84. The van der Waals surface area contributed by atoms with E-state index in [0.717, 1.165) is 18.2 Å². The second kappa shape index (κ2) is 9.78. The maximum absolute atomic E-state index is 12.3. The lowest BCUT2D eigenvalue weighted by Gasteiger charge is -2.20. The zero-order valence-corrected chi connectivity index (χ0v) is 16.8. The van der Waals surface area contributed by atoms with Crippen LogP contribution in [0, 0.1) is 5.92 Å². The van der Waals surface area contributed by atoms with E-state index in [1.54, 1.807) is 24.3 Å². The molecule has 1 aromatic rings. The molecule has 1 N–H and O–H groups in total. The van der Waals surface area contributed by atoms with Gasteiger partial charge in [0.05, 0.1) is 11.5 Å². The molecule has 6 nitrogen and oxygen atoms in total. The van der Waals surface area contributed by atoms with Gasteiger partial charge in [0.25, 0.3) is 11.1 Å². The predicted octanol–water partition coefficient (Wildman–Crippen LogP) is 4.68. The lowest BCUT2D eigenvalue weighted by atomic mass is 9.86. The number of hydrogen-bond donors (Lipinski definition) is 1. The Morgan fingerprint density at radius 3 is 2.68 bits per heavy atom. The minimum atomic E-state index is -0.411. The number of amides is 2. The van der Waals surface area contributed by atoms with Crippen LogP contribution in [0.25, 0.3) is 6.08 Å². The number of rotatable bonds is 7. The second-order valence-corrected chi connectivity index (χ2v) is 8.02. The van der Waals surface area contributed by atoms with E-state index in [2.05, 4.69) is 5.32 Å². The van der Waals surface area contributed by atoms with Gasteiger partial charge in [0.15, 0.2) is 11.5 Å². The van der Waals surface area contributed by atoms with Crippen LogP contribution in [0.4, 0.5) is 4.79 Å². The van der Waals surface area contributed by atoms with E-state index in [9.17, 15) is 14.4 Å². The molecule has 1 aliphatic carbocycles. The summed E-state index contributed by atoms with van der Waals surface area (Å²) in [7, 11) is 0. The van der Waals surface area contributed by atoms with Crippen LogP contribution < -0.4 is 14.8 Å². The number of nitrogens with one attached hydrogen (secondary N) is 1. The Balaban J connectivity index is 1.65. The van der Waals surface area contributed by atoms with Crippen LogP contribution in [0.1, 0.15) is 57.4 Å². The molecule has 0 radical (unpaired) electrons. The van der Waals surface area contributed by atoms with Gasteiger partial charge < -0.3 is 9.47 Å². The Morgan fingerprint density at radius 1 is 1.21 bits per heavy atom. The summed E-state index contributed by atoms with van der Waals surface area (Å²) >= 11 is 0.858. The van der Waals surface area contributed by atoms with Crippen LogP contribution in [-0.2, 0) is 9.59 Å². The Labute approximate surface area is 169 Å². The van der Waals surface area contributed by atoms with Gasteiger partial charge in [0.1, 0.15) is 0 Å². The molecule has 2 fully saturated rings. The van der Waals surface area contributed by atoms with Crippen molar-refractivity contribution in [2.45, 2.75) is 51.9 Å². The van der Waals surface area contributed by atoms with Crippen molar-refractivity contribution in [2.75, 3.05) is 6.61 Å². The average Bonchev–Trinajstić information content (AvgIpc) is 3.00. The van der Waals surface area contributed by atoms with Gasteiger partial charge in [-0.05, 0) is 54.8 Å². The molecule has 1 heterocycles. The normalized spacial score (nSPS) is 19.0. The number of thioether (sulfide) groups is 1. The number of benzene rings is 1. The number of esters is 1. The van der Waals surface area contributed by atoms with Crippen molar-refractivity contribution in [3.63, 3.8) is 0 Å². The van der Waals surface area contributed by atoms with Gasteiger partial charge in [-0.25, -0.2) is 0 Å². The Kier molecular flexibility index (Phi) is 7.14. The van der Waals surface area contributed by atoms with Gasteiger partial charge in [-0.2, -0.15) is 0 Å². The molecule has 2 amide bonds. The number of ether oxygens (including phenoxy) is 2. The summed E-state index contributed by atoms with van der Waals surface area (Å²) in [6.07, 6.45) is 9.11. The van der Waals surface area contributed by atoms with Crippen molar-refractivity contribution < 1.29 is 23.9 Å². The number of carbonyl (C=O) groups is 3. The first kappa shape index (κ1) is 20.5. The van der Waals surface area contributed by atoms with Crippen molar-refractivity contribution in [3.8, 4) is 11.5 Å². The fourth-order valence-electron chi connectivity index (χ4n) is 3.51. The summed E-state index contributed by atoms with van der Waals surface area (Å²) in [6, 6.07) is 5.10. The van der Waals surface area contributed by atoms with E-state index in [1.807, 2.05) is 6.92 Å². The molecule has 3 rings (SSSR count). The SMILES string of the molecule is CCOc1cc(C=C2SC(=O)NC2=O)ccc1OC(=O)CCC1CCCCC1. The van der Waals surface area contributed by atoms with Gasteiger partial charge in [-0.3, -0.25) is 19.7 Å². The maximum Gasteiger partial charge on any atom is 0.311 e. The van der Waals surface area contributed by atoms with E-state index < -0.39 is 5.91 Å². The molecule has 0 unspecified atom stereocenters. The van der Waals surface area contributed by atoms with Crippen LogP contribution in [-0.4, -0.2) is 23.7 Å². The van der Waals surface area contributed by atoms with Gasteiger partial charge in [0, 0.05) is 6.42 Å². The largest absolute Gasteiger partial charge is 0.490 e. The summed E-state index contributed by atoms with van der Waals surface area (Å²) in [5.41, 5.74) is 0.692. The molecule has 1 aromatic carbocycles. The zero-order valence-electron chi connectivity index (χ0n) is 16.0. The Morgan fingerprint density at radius 2 is 2.00 bits per heavy atom. The molecular weight excluding hydrogens is 378 g/mol. The van der Waals surface area contributed by atoms with Crippen LogP contribution in [0.3, 0.4) is 0 Å². The minimum absolute atomic E-state index is 0.256. The lowest BCUT2D eigenvalue weighted by molar-refractivity contribution is -0.134. The molecule has 1 aliphatic heterocycles. The molecular formula is C21H25NO5S. The summed E-state index contributed by atoms with van der Waals surface area (Å²) in [6.45, 7) is 2.26. The molecule has 1 saturated heterocycles. The average molecular weight is 404 g/mol. The molecule has 150 valence electrons. The van der Waals surface area contributed by atoms with Crippen LogP contribution in [0.15, 0.2) is 23.1 Å². The highest BCUT2D eigenvalue weighted by Gasteiger charge is 2.25. The first-order chi connectivity index (χ1) is 13.5. The van der Waals surface area contributed by atoms with Gasteiger partial charge in [0.2, 0.25) is 0 Å². The number of carbonyl (C=O) groups excluding carboxylic acids is 3. The molecule has 0 spiro atoms. The second-order valence-electron chi connectivity index (χ2n) is 7.01. The fourth-order valence-corrected chi connectivity index (χ4v) is 4.19. The molecule has 0 bridgehead atoms. The molecule has 0 atom stereocenters. The third-order valence-electron chi connectivity index (χ3n) is 4.91. The molecule has 1 saturated carbocycles. The standard InChI is InChI=1S/C21H25NO5S/c1-2-26-17-12-15(13-18-20(24)22-21(25)28-18)8-10-16(17)27-19(23)11-9-14-6-4-3-5-7-14/h8,10,12-14H,2-7,9,11H2,1H3,(H,22,24,25). The predicted molar refractivity (Wildman–Crippen MR) is 108 cm³/mol. The van der Waals surface area contributed by atoms with Crippen LogP contribution in [0.2, 0.25) is 0 Å². The molecule has 28 heavy (non-hydrogen) atoms. The van der Waals surface area contributed by atoms with Crippen molar-refractivity contribution in [3.05, 3.63) is 28.7 Å². The summed E-state index contributed by atoms with van der Waals surface area (Å²) < 4.78 is 11.1. The number of hydrogen-bond acceptors (Lipinski definition) is 6. The third-order valence-corrected chi connectivity index (χ3v) is 5.72. The number of imide groups is 1. The third kappa shape index (κ3) is 5.61. The van der Waals surface area contributed by atoms with Crippen molar-refractivity contribution in [1.29, 1.82) is 0 Å². The summed E-state index contributed by atoms with van der Waals surface area (Å²) in [5.74, 6) is 0.773. The zero-order chi connectivity index (χ0) is 19.9. The monoisotopic (exact) mass is 403 g/mol. The van der Waals surface area contributed by atoms with Crippen molar-refractivity contribution in [2.24, 2.45) is 5.92 Å². The van der Waals surface area contributed by atoms with Gasteiger partial charge in [-0.15, -0.1) is 0 Å². The Hall–Kier alpha value is -2.28. The first-order valence-electron chi connectivity index (χ1n) is 9.77. The van der Waals surface area contributed by atoms with Gasteiger partial charge >= 0.3 is 5.97 Å². The van der Waals surface area contributed by atoms with E-state index in [4.69, 9.17) is 9.47 Å². The highest BCUT2D eigenvalue weighted by molar-refractivity contribution is 8.18. The summed E-state index contributed by atoms with van der Waals surface area (Å²) in [4.78, 5) is 35.6.